The van der Waals surface area contributed by atoms with Crippen LogP contribution in [0.5, 0.6) is 0 Å². The van der Waals surface area contributed by atoms with Gasteiger partial charge in [-0.25, -0.2) is 0 Å². The van der Waals surface area contributed by atoms with Crippen molar-refractivity contribution in [3.8, 4) is 0 Å². The molecule has 0 saturated carbocycles. The highest BCUT2D eigenvalue weighted by Crippen LogP contribution is 2.34. The molecule has 2 nitrogen and oxygen atoms in total. The van der Waals surface area contributed by atoms with E-state index in [0.717, 1.165) is 20.1 Å². The number of hydrogen-bond acceptors (Lipinski definition) is 2. The molecule has 5 heteroatoms. The average Bonchev–Trinajstić information content (AvgIpc) is 2.69. The number of hydrogen-bond donors (Lipinski definition) is 1. The molecule has 17 heavy (non-hydrogen) atoms. The van der Waals surface area contributed by atoms with E-state index in [9.17, 15) is 0 Å². The Hall–Kier alpha value is -0.100. The number of aryl methyl sites for hydroxylation is 1. The molecule has 2 aromatic rings. The van der Waals surface area contributed by atoms with Crippen molar-refractivity contribution in [3.05, 3.63) is 54.8 Å². The fourth-order valence-corrected chi connectivity index (χ4v) is 3.15. The highest BCUT2D eigenvalue weighted by atomic mass is 79.9. The van der Waals surface area contributed by atoms with E-state index < -0.39 is 0 Å². The van der Waals surface area contributed by atoms with Gasteiger partial charge in [-0.15, -0.1) is 0 Å². The van der Waals surface area contributed by atoms with Gasteiger partial charge >= 0.3 is 0 Å². The van der Waals surface area contributed by atoms with Gasteiger partial charge in [-0.05, 0) is 52.2 Å². The molecule has 0 spiro atoms. The van der Waals surface area contributed by atoms with Crippen LogP contribution in [-0.2, 0) is 0 Å². The minimum atomic E-state index is -0.227. The van der Waals surface area contributed by atoms with Gasteiger partial charge in [-0.2, -0.15) is 0 Å². The van der Waals surface area contributed by atoms with E-state index in [4.69, 9.17) is 10.2 Å². The Labute approximate surface area is 125 Å². The van der Waals surface area contributed by atoms with Gasteiger partial charge in [0.25, 0.3) is 0 Å². The summed E-state index contributed by atoms with van der Waals surface area (Å²) in [5.74, 6) is 0. The summed E-state index contributed by atoms with van der Waals surface area (Å²) < 4.78 is 7.93. The summed E-state index contributed by atoms with van der Waals surface area (Å²) in [6.45, 7) is 2.04. The van der Waals surface area contributed by atoms with Crippen LogP contribution < -0.4 is 5.73 Å². The Morgan fingerprint density at radius 2 is 1.82 bits per heavy atom. The summed E-state index contributed by atoms with van der Waals surface area (Å²) in [5.41, 5.74) is 9.36. The number of nitrogens with two attached hydrogens (primary N) is 1. The minimum Gasteiger partial charge on any atom is -0.457 e. The molecule has 0 radical (unpaired) electrons. The van der Waals surface area contributed by atoms with Gasteiger partial charge in [0.15, 0.2) is 4.67 Å². The van der Waals surface area contributed by atoms with Crippen LogP contribution in [0.2, 0.25) is 0 Å². The maximum Gasteiger partial charge on any atom is 0.174 e. The van der Waals surface area contributed by atoms with Crippen molar-refractivity contribution in [1.82, 2.24) is 0 Å². The fourth-order valence-electron chi connectivity index (χ4n) is 1.59. The van der Waals surface area contributed by atoms with Crippen LogP contribution in [0.1, 0.15) is 22.7 Å². The Morgan fingerprint density at radius 1 is 1.12 bits per heavy atom. The molecule has 1 heterocycles. The molecule has 1 aromatic carbocycles. The van der Waals surface area contributed by atoms with Gasteiger partial charge in [0.05, 0.1) is 12.3 Å². The van der Waals surface area contributed by atoms with E-state index in [2.05, 4.69) is 47.8 Å². The second-order valence-electron chi connectivity index (χ2n) is 3.75. The van der Waals surface area contributed by atoms with Gasteiger partial charge in [0, 0.05) is 14.5 Å². The third kappa shape index (κ3) is 2.67. The standard InChI is InChI=1S/C12H10Br3NO/c1-6-4-10(14)8(5-9(6)13)11(16)7-2-3-17-12(7)15/h2-5,11H,16H2,1H3. The van der Waals surface area contributed by atoms with Gasteiger partial charge in [-0.1, -0.05) is 31.9 Å². The highest BCUT2D eigenvalue weighted by Gasteiger charge is 2.17. The van der Waals surface area contributed by atoms with Crippen LogP contribution in [0.4, 0.5) is 0 Å². The molecule has 1 atom stereocenters. The summed E-state index contributed by atoms with van der Waals surface area (Å²) >= 11 is 10.4. The quantitative estimate of drug-likeness (QED) is 0.744. The fraction of sp³-hybridized carbons (Fsp3) is 0.167. The summed E-state index contributed by atoms with van der Waals surface area (Å²) in [5, 5.41) is 0. The van der Waals surface area contributed by atoms with E-state index in [0.29, 0.717) is 4.67 Å². The van der Waals surface area contributed by atoms with Crippen molar-refractivity contribution in [1.29, 1.82) is 0 Å². The van der Waals surface area contributed by atoms with Crippen molar-refractivity contribution in [2.45, 2.75) is 13.0 Å². The van der Waals surface area contributed by atoms with Crippen LogP contribution in [0.3, 0.4) is 0 Å². The Morgan fingerprint density at radius 3 is 2.41 bits per heavy atom. The maximum absolute atomic E-state index is 6.24. The minimum absolute atomic E-state index is 0.227. The topological polar surface area (TPSA) is 39.2 Å². The third-order valence-electron chi connectivity index (χ3n) is 2.59. The van der Waals surface area contributed by atoms with E-state index in [1.165, 1.54) is 5.56 Å². The third-order valence-corrected chi connectivity index (χ3v) is 4.78. The lowest BCUT2D eigenvalue weighted by Crippen LogP contribution is -2.12. The predicted octanol–water partition coefficient (Wildman–Crippen LogP) is 4.92. The number of furan rings is 1. The highest BCUT2D eigenvalue weighted by molar-refractivity contribution is 9.11. The molecule has 0 amide bonds. The molecule has 0 aliphatic rings. The number of halogens is 3. The molecule has 0 aliphatic carbocycles. The van der Waals surface area contributed by atoms with E-state index >= 15 is 0 Å². The van der Waals surface area contributed by atoms with Gasteiger partial charge in [0.2, 0.25) is 0 Å². The Balaban J connectivity index is 2.48. The predicted molar refractivity (Wildman–Crippen MR) is 79.0 cm³/mol. The Kier molecular flexibility index (Phi) is 4.13. The van der Waals surface area contributed by atoms with Gasteiger partial charge in [0.1, 0.15) is 0 Å². The summed E-state index contributed by atoms with van der Waals surface area (Å²) in [7, 11) is 0. The second-order valence-corrected chi connectivity index (χ2v) is 6.18. The molecular formula is C12H10Br3NO. The van der Waals surface area contributed by atoms with Crippen molar-refractivity contribution >= 4 is 47.8 Å². The van der Waals surface area contributed by atoms with Crippen molar-refractivity contribution in [2.75, 3.05) is 0 Å². The first kappa shape index (κ1) is 13.3. The molecule has 0 saturated heterocycles. The molecule has 1 unspecified atom stereocenters. The smallest absolute Gasteiger partial charge is 0.174 e. The van der Waals surface area contributed by atoms with E-state index in [1.807, 2.05) is 25.1 Å². The number of benzene rings is 1. The van der Waals surface area contributed by atoms with E-state index in [1.54, 1.807) is 6.26 Å². The van der Waals surface area contributed by atoms with Crippen LogP contribution in [0, 0.1) is 6.92 Å². The largest absolute Gasteiger partial charge is 0.457 e. The first-order valence-electron chi connectivity index (χ1n) is 4.94. The zero-order valence-corrected chi connectivity index (χ0v) is 13.8. The summed E-state index contributed by atoms with van der Waals surface area (Å²) in [6, 6.07) is 5.72. The lowest BCUT2D eigenvalue weighted by molar-refractivity contribution is 0.534. The molecule has 0 bridgehead atoms. The first-order chi connectivity index (χ1) is 8.00. The van der Waals surface area contributed by atoms with Crippen LogP contribution in [-0.4, -0.2) is 0 Å². The zero-order chi connectivity index (χ0) is 12.6. The monoisotopic (exact) mass is 421 g/mol. The zero-order valence-electron chi connectivity index (χ0n) is 9.01. The second kappa shape index (κ2) is 5.26. The summed E-state index contributed by atoms with van der Waals surface area (Å²) in [6.07, 6.45) is 1.62. The molecule has 90 valence electrons. The molecule has 0 aliphatic heterocycles. The number of rotatable bonds is 2. The van der Waals surface area contributed by atoms with Gasteiger partial charge in [-0.3, -0.25) is 0 Å². The van der Waals surface area contributed by atoms with Crippen molar-refractivity contribution in [2.24, 2.45) is 5.73 Å². The molecule has 2 N–H and O–H groups in total. The van der Waals surface area contributed by atoms with E-state index in [-0.39, 0.29) is 6.04 Å². The van der Waals surface area contributed by atoms with Crippen LogP contribution >= 0.6 is 47.8 Å². The lowest BCUT2D eigenvalue weighted by atomic mass is 10.0. The SMILES string of the molecule is Cc1cc(Br)c(C(N)c2ccoc2Br)cc1Br. The normalized spacial score (nSPS) is 12.8. The first-order valence-corrected chi connectivity index (χ1v) is 7.32. The van der Waals surface area contributed by atoms with Gasteiger partial charge < -0.3 is 10.2 Å². The average molecular weight is 424 g/mol. The lowest BCUT2D eigenvalue weighted by Gasteiger charge is -2.14. The summed E-state index contributed by atoms with van der Waals surface area (Å²) in [4.78, 5) is 0. The molecule has 1 aromatic heterocycles. The van der Waals surface area contributed by atoms with Crippen LogP contribution in [0.25, 0.3) is 0 Å². The molecule has 0 fully saturated rings. The van der Waals surface area contributed by atoms with Crippen molar-refractivity contribution < 1.29 is 4.42 Å². The maximum atomic E-state index is 6.24. The molecular weight excluding hydrogens is 414 g/mol. The van der Waals surface area contributed by atoms with Crippen molar-refractivity contribution in [3.63, 3.8) is 0 Å². The molecule has 2 rings (SSSR count). The van der Waals surface area contributed by atoms with Crippen LogP contribution in [0.15, 0.2) is 42.5 Å². The Bertz CT molecular complexity index is 551.